The fourth-order valence-corrected chi connectivity index (χ4v) is 2.45. The molecule has 0 radical (unpaired) electrons. The lowest BCUT2D eigenvalue weighted by molar-refractivity contribution is 0.0601. The topological polar surface area (TPSA) is 32.8 Å². The van der Waals surface area contributed by atoms with E-state index in [2.05, 4.69) is 32.8 Å². The number of halogens is 1. The third-order valence-corrected chi connectivity index (χ3v) is 3.70. The van der Waals surface area contributed by atoms with Crippen LogP contribution < -0.4 is 4.90 Å². The fourth-order valence-electron chi connectivity index (χ4n) is 2.10. The van der Waals surface area contributed by atoms with E-state index in [0.29, 0.717) is 5.56 Å². The fraction of sp³-hybridized carbons (Fsp3) is 0.462. The number of carbonyl (C=O) groups excluding carboxylic acids is 1. The van der Waals surface area contributed by atoms with Crippen LogP contribution in [0.2, 0.25) is 0 Å². The Balaban J connectivity index is 2.30. The molecule has 0 amide bonds. The maximum absolute atomic E-state index is 11.8. The van der Waals surface area contributed by atoms with E-state index in [1.54, 1.807) is 0 Å². The summed E-state index contributed by atoms with van der Waals surface area (Å²) < 4.78 is 5.81. The highest BCUT2D eigenvalue weighted by molar-refractivity contribution is 9.10. The number of nitrogens with zero attached hydrogens (tertiary/aromatic N) is 2. The summed E-state index contributed by atoms with van der Waals surface area (Å²) in [6, 6.07) is 5.66. The van der Waals surface area contributed by atoms with E-state index >= 15 is 0 Å². The molecule has 0 atom stereocenters. The predicted molar refractivity (Wildman–Crippen MR) is 75.2 cm³/mol. The first-order chi connectivity index (χ1) is 8.61. The molecule has 0 aromatic heterocycles. The first kappa shape index (κ1) is 13.4. The van der Waals surface area contributed by atoms with Gasteiger partial charge in [0.25, 0.3) is 0 Å². The Morgan fingerprint density at radius 2 is 1.94 bits per heavy atom. The molecule has 18 heavy (non-hydrogen) atoms. The van der Waals surface area contributed by atoms with Gasteiger partial charge in [0.05, 0.1) is 18.4 Å². The Morgan fingerprint density at radius 3 is 2.56 bits per heavy atom. The molecule has 0 aliphatic carbocycles. The minimum Gasteiger partial charge on any atom is -0.465 e. The number of ether oxygens (including phenoxy) is 1. The summed E-state index contributed by atoms with van der Waals surface area (Å²) in [7, 11) is 3.53. The summed E-state index contributed by atoms with van der Waals surface area (Å²) >= 11 is 3.46. The number of hydrogen-bond donors (Lipinski definition) is 0. The van der Waals surface area contributed by atoms with Crippen LogP contribution in [0.1, 0.15) is 10.4 Å². The van der Waals surface area contributed by atoms with Gasteiger partial charge in [-0.25, -0.2) is 4.79 Å². The second kappa shape index (κ2) is 5.71. The normalized spacial score (nSPS) is 16.7. The number of likely N-dealkylation sites (N-methyl/N-ethyl adjacent to an activating group) is 1. The zero-order valence-electron chi connectivity index (χ0n) is 10.6. The van der Waals surface area contributed by atoms with Gasteiger partial charge in [0.1, 0.15) is 0 Å². The summed E-state index contributed by atoms with van der Waals surface area (Å²) in [5.74, 6) is -0.281. The van der Waals surface area contributed by atoms with Crippen molar-refractivity contribution < 1.29 is 9.53 Å². The third-order valence-electron chi connectivity index (χ3n) is 3.21. The Morgan fingerprint density at radius 1 is 1.28 bits per heavy atom. The number of anilines is 1. The molecule has 5 heteroatoms. The van der Waals surface area contributed by atoms with Crippen molar-refractivity contribution in [3.05, 3.63) is 28.2 Å². The zero-order valence-corrected chi connectivity index (χ0v) is 12.2. The number of hydrogen-bond acceptors (Lipinski definition) is 4. The SMILES string of the molecule is COC(=O)c1ccc(Br)cc1N1CCN(C)CC1. The van der Waals surface area contributed by atoms with E-state index in [-0.39, 0.29) is 5.97 Å². The summed E-state index contributed by atoms with van der Waals surface area (Å²) in [4.78, 5) is 16.3. The van der Waals surface area contributed by atoms with Gasteiger partial charge in [0.2, 0.25) is 0 Å². The standard InChI is InChI=1S/C13H17BrN2O2/c1-15-5-7-16(8-6-15)12-9-10(14)3-4-11(12)13(17)18-2/h3-4,9H,5-8H2,1-2H3. The monoisotopic (exact) mass is 312 g/mol. The van der Waals surface area contributed by atoms with Crippen LogP contribution in [-0.2, 0) is 4.74 Å². The van der Waals surface area contributed by atoms with Crippen LogP contribution in [0, 0.1) is 0 Å². The molecule has 0 unspecified atom stereocenters. The average Bonchev–Trinajstić information content (AvgIpc) is 2.38. The van der Waals surface area contributed by atoms with Crippen molar-refractivity contribution >= 4 is 27.6 Å². The van der Waals surface area contributed by atoms with Gasteiger partial charge >= 0.3 is 5.97 Å². The van der Waals surface area contributed by atoms with Crippen LogP contribution in [0.15, 0.2) is 22.7 Å². The van der Waals surface area contributed by atoms with E-state index in [9.17, 15) is 4.79 Å². The van der Waals surface area contributed by atoms with Crippen molar-refractivity contribution in [2.45, 2.75) is 0 Å². The molecule has 0 spiro atoms. The summed E-state index contributed by atoms with van der Waals surface area (Å²) in [6.45, 7) is 3.87. The van der Waals surface area contributed by atoms with Gasteiger partial charge in [-0.15, -0.1) is 0 Å². The number of piperazine rings is 1. The van der Waals surface area contributed by atoms with Crippen LogP contribution in [0.3, 0.4) is 0 Å². The van der Waals surface area contributed by atoms with E-state index < -0.39 is 0 Å². The lowest BCUT2D eigenvalue weighted by Gasteiger charge is -2.34. The maximum Gasteiger partial charge on any atom is 0.339 e. The van der Waals surface area contributed by atoms with Crippen LogP contribution >= 0.6 is 15.9 Å². The van der Waals surface area contributed by atoms with Gasteiger partial charge in [-0.2, -0.15) is 0 Å². The molecule has 2 rings (SSSR count). The molecule has 1 aromatic rings. The Kier molecular flexibility index (Phi) is 4.24. The molecular weight excluding hydrogens is 296 g/mol. The molecular formula is C13H17BrN2O2. The molecule has 0 bridgehead atoms. The summed E-state index contributed by atoms with van der Waals surface area (Å²) in [5, 5.41) is 0. The number of methoxy groups -OCH3 is 1. The third kappa shape index (κ3) is 2.84. The highest BCUT2D eigenvalue weighted by Crippen LogP contribution is 2.26. The molecule has 1 saturated heterocycles. The van der Waals surface area contributed by atoms with Crippen LogP contribution in [0.4, 0.5) is 5.69 Å². The van der Waals surface area contributed by atoms with Crippen molar-refractivity contribution in [3.63, 3.8) is 0 Å². The maximum atomic E-state index is 11.8. The summed E-state index contributed by atoms with van der Waals surface area (Å²) in [5.41, 5.74) is 1.58. The molecule has 98 valence electrons. The van der Waals surface area contributed by atoms with Crippen molar-refractivity contribution in [1.29, 1.82) is 0 Å². The Hall–Kier alpha value is -1.07. The van der Waals surface area contributed by atoms with Crippen molar-refractivity contribution in [2.75, 3.05) is 45.2 Å². The Bertz CT molecular complexity index is 443. The Labute approximate surface area is 116 Å². The van der Waals surface area contributed by atoms with Crippen LogP contribution in [-0.4, -0.2) is 51.2 Å². The van der Waals surface area contributed by atoms with Crippen molar-refractivity contribution in [3.8, 4) is 0 Å². The molecule has 0 N–H and O–H groups in total. The molecule has 1 aromatic carbocycles. The van der Waals surface area contributed by atoms with E-state index in [1.165, 1.54) is 7.11 Å². The smallest absolute Gasteiger partial charge is 0.339 e. The average molecular weight is 313 g/mol. The molecule has 1 aliphatic rings. The van der Waals surface area contributed by atoms with Crippen LogP contribution in [0.25, 0.3) is 0 Å². The molecule has 0 saturated carbocycles. The van der Waals surface area contributed by atoms with E-state index in [4.69, 9.17) is 4.74 Å². The highest BCUT2D eigenvalue weighted by Gasteiger charge is 2.20. The highest BCUT2D eigenvalue weighted by atomic mass is 79.9. The number of carbonyl (C=O) groups is 1. The second-order valence-electron chi connectivity index (χ2n) is 4.44. The van der Waals surface area contributed by atoms with Gasteiger partial charge < -0.3 is 14.5 Å². The number of esters is 1. The van der Waals surface area contributed by atoms with Gasteiger partial charge in [0, 0.05) is 30.7 Å². The first-order valence-corrected chi connectivity index (χ1v) is 6.72. The van der Waals surface area contributed by atoms with Crippen LogP contribution in [0.5, 0.6) is 0 Å². The molecule has 1 fully saturated rings. The lowest BCUT2D eigenvalue weighted by atomic mass is 10.1. The zero-order chi connectivity index (χ0) is 13.1. The lowest BCUT2D eigenvalue weighted by Crippen LogP contribution is -2.45. The van der Waals surface area contributed by atoms with Gasteiger partial charge in [-0.1, -0.05) is 15.9 Å². The number of rotatable bonds is 2. The van der Waals surface area contributed by atoms with Gasteiger partial charge in [-0.05, 0) is 25.2 Å². The molecule has 1 heterocycles. The second-order valence-corrected chi connectivity index (χ2v) is 5.36. The first-order valence-electron chi connectivity index (χ1n) is 5.93. The van der Waals surface area contributed by atoms with Crippen molar-refractivity contribution in [1.82, 2.24) is 4.90 Å². The molecule has 4 nitrogen and oxygen atoms in total. The van der Waals surface area contributed by atoms with Crippen molar-refractivity contribution in [2.24, 2.45) is 0 Å². The van der Waals surface area contributed by atoms with Gasteiger partial charge in [-0.3, -0.25) is 0 Å². The largest absolute Gasteiger partial charge is 0.465 e. The number of benzene rings is 1. The molecule has 1 aliphatic heterocycles. The van der Waals surface area contributed by atoms with E-state index in [1.807, 2.05) is 18.2 Å². The van der Waals surface area contributed by atoms with Gasteiger partial charge in [0.15, 0.2) is 0 Å². The minimum absolute atomic E-state index is 0.281. The predicted octanol–water partition coefficient (Wildman–Crippen LogP) is 1.99. The minimum atomic E-state index is -0.281. The van der Waals surface area contributed by atoms with E-state index in [0.717, 1.165) is 36.3 Å². The summed E-state index contributed by atoms with van der Waals surface area (Å²) in [6.07, 6.45) is 0. The quantitative estimate of drug-likeness (QED) is 0.782.